The lowest BCUT2D eigenvalue weighted by Crippen LogP contribution is -2.25. The van der Waals surface area contributed by atoms with Crippen molar-refractivity contribution >= 4 is 5.91 Å². The summed E-state index contributed by atoms with van der Waals surface area (Å²) in [7, 11) is 0. The normalized spacial score (nSPS) is 15.4. The third-order valence-electron chi connectivity index (χ3n) is 2.73. The van der Waals surface area contributed by atoms with Gasteiger partial charge in [-0.25, -0.2) is 0 Å². The number of nitrogens with one attached hydrogen (secondary N) is 1. The Labute approximate surface area is 92.2 Å². The lowest BCUT2D eigenvalue weighted by atomic mass is 10.0. The molecule has 0 aliphatic heterocycles. The van der Waals surface area contributed by atoms with Gasteiger partial charge in [-0.2, -0.15) is 0 Å². The molecule has 0 unspecified atom stereocenters. The molecule has 1 N–H and O–H groups in total. The highest BCUT2D eigenvalue weighted by Gasteiger charge is 2.23. The molecule has 1 saturated carbocycles. The molecule has 82 valence electrons. The molecule has 2 rings (SSSR count). The Hall–Kier alpha value is -1.31. The van der Waals surface area contributed by atoms with Gasteiger partial charge in [-0.15, -0.1) is 0 Å². The number of hydrogen-bond acceptors (Lipinski definition) is 1. The van der Waals surface area contributed by atoms with Crippen LogP contribution in [0.5, 0.6) is 0 Å². The molecule has 0 heterocycles. The Morgan fingerprint density at radius 1 is 1.47 bits per heavy atom. The molecule has 1 aromatic carbocycles. The molecule has 0 spiro atoms. The molecular formula is C13H19NO. The van der Waals surface area contributed by atoms with Gasteiger partial charge in [0.1, 0.15) is 0 Å². The van der Waals surface area contributed by atoms with E-state index in [1.807, 2.05) is 18.2 Å². The number of rotatable bonds is 3. The van der Waals surface area contributed by atoms with Crippen molar-refractivity contribution in [2.75, 3.05) is 0 Å². The molecule has 2 heteroatoms. The molecule has 1 aliphatic carbocycles. The molecule has 1 fully saturated rings. The first kappa shape index (κ1) is 10.2. The summed E-state index contributed by atoms with van der Waals surface area (Å²) in [6.45, 7) is 4.27. The van der Waals surface area contributed by atoms with Crippen LogP contribution < -0.4 is 5.32 Å². The van der Waals surface area contributed by atoms with E-state index in [-0.39, 0.29) is 7.33 Å². The quantitative estimate of drug-likeness (QED) is 0.807. The van der Waals surface area contributed by atoms with E-state index in [1.165, 1.54) is 5.56 Å². The Morgan fingerprint density at radius 2 is 2.20 bits per heavy atom. The zero-order valence-corrected chi connectivity index (χ0v) is 9.29. The topological polar surface area (TPSA) is 29.1 Å². The summed E-state index contributed by atoms with van der Waals surface area (Å²) >= 11 is 0. The van der Waals surface area contributed by atoms with E-state index in [2.05, 4.69) is 25.2 Å². The molecule has 0 radical (unpaired) electrons. The first-order chi connectivity index (χ1) is 7.16. The molecule has 1 aliphatic rings. The van der Waals surface area contributed by atoms with Crippen LogP contribution in [0.15, 0.2) is 24.3 Å². The van der Waals surface area contributed by atoms with Gasteiger partial charge in [-0.3, -0.25) is 4.79 Å². The van der Waals surface area contributed by atoms with Crippen molar-refractivity contribution < 1.29 is 6.22 Å². The summed E-state index contributed by atoms with van der Waals surface area (Å²) in [6, 6.07) is 8.32. The van der Waals surface area contributed by atoms with Gasteiger partial charge in [0.05, 0.1) is 0 Å². The molecule has 0 saturated heterocycles. The smallest absolute Gasteiger partial charge is 0.251 e. The third kappa shape index (κ3) is 2.58. The molecular weight excluding hydrogens is 186 g/mol. The second-order valence-electron chi connectivity index (χ2n) is 4.53. The first-order valence-corrected chi connectivity index (χ1v) is 5.57. The van der Waals surface area contributed by atoms with Gasteiger partial charge in [0.25, 0.3) is 5.91 Å². The highest BCUT2D eigenvalue weighted by molar-refractivity contribution is 5.94. The highest BCUT2D eigenvalue weighted by atomic mass is 16.1. The standard InChI is InChI=1S/C13H17NO.H2/c1-9(2)10-4-3-5-11(8-10)13(15)14-12-6-7-12;/h3-5,8-9,12H,6-7H2,1-2H3,(H,14,15);1H. The largest absolute Gasteiger partial charge is 0.349 e. The zero-order chi connectivity index (χ0) is 10.8. The lowest BCUT2D eigenvalue weighted by molar-refractivity contribution is 0.0951. The second-order valence-corrected chi connectivity index (χ2v) is 4.53. The van der Waals surface area contributed by atoms with E-state index < -0.39 is 0 Å². The fourth-order valence-corrected chi connectivity index (χ4v) is 1.54. The van der Waals surface area contributed by atoms with Gasteiger partial charge in [0.2, 0.25) is 0 Å². The van der Waals surface area contributed by atoms with Crippen LogP contribution in [0.4, 0.5) is 0 Å². The molecule has 1 aromatic rings. The van der Waals surface area contributed by atoms with E-state index in [0.717, 1.165) is 18.4 Å². The fourth-order valence-electron chi connectivity index (χ4n) is 1.54. The lowest BCUT2D eigenvalue weighted by Gasteiger charge is -2.08. The maximum absolute atomic E-state index is 11.8. The van der Waals surface area contributed by atoms with Crippen LogP contribution in [-0.2, 0) is 0 Å². The van der Waals surface area contributed by atoms with Crippen LogP contribution in [0.25, 0.3) is 0 Å². The predicted molar refractivity (Wildman–Crippen MR) is 63.1 cm³/mol. The van der Waals surface area contributed by atoms with Gasteiger partial charge >= 0.3 is 0 Å². The van der Waals surface area contributed by atoms with E-state index in [4.69, 9.17) is 0 Å². The Bertz CT molecular complexity index is 372. The number of hydrogen-bond donors (Lipinski definition) is 1. The first-order valence-electron chi connectivity index (χ1n) is 5.57. The summed E-state index contributed by atoms with van der Waals surface area (Å²) in [5.41, 5.74) is 2.01. The van der Waals surface area contributed by atoms with Gasteiger partial charge in [-0.05, 0) is 36.5 Å². The molecule has 0 bridgehead atoms. The van der Waals surface area contributed by atoms with Crippen LogP contribution in [0.3, 0.4) is 0 Å². The van der Waals surface area contributed by atoms with Crippen molar-refractivity contribution in [1.82, 2.24) is 5.32 Å². The molecule has 1 amide bonds. The minimum Gasteiger partial charge on any atom is -0.349 e. The predicted octanol–water partition coefficient (Wildman–Crippen LogP) is 2.95. The average molecular weight is 205 g/mol. The maximum Gasteiger partial charge on any atom is 0.251 e. The van der Waals surface area contributed by atoms with Gasteiger partial charge in [0, 0.05) is 13.0 Å². The highest BCUT2D eigenvalue weighted by Crippen LogP contribution is 2.20. The van der Waals surface area contributed by atoms with E-state index in [0.29, 0.717) is 12.0 Å². The van der Waals surface area contributed by atoms with E-state index in [9.17, 15) is 4.79 Å². The summed E-state index contributed by atoms with van der Waals surface area (Å²) in [6.07, 6.45) is 2.27. The molecule has 2 nitrogen and oxygen atoms in total. The molecule has 15 heavy (non-hydrogen) atoms. The summed E-state index contributed by atoms with van der Waals surface area (Å²) in [4.78, 5) is 11.8. The number of carbonyl (C=O) groups is 1. The summed E-state index contributed by atoms with van der Waals surface area (Å²) < 4.78 is 0. The molecule has 0 aromatic heterocycles. The van der Waals surface area contributed by atoms with Crippen molar-refractivity contribution in [3.63, 3.8) is 0 Å². The second kappa shape index (κ2) is 4.05. The van der Waals surface area contributed by atoms with Crippen LogP contribution in [0.1, 0.15) is 50.0 Å². The zero-order valence-electron chi connectivity index (χ0n) is 9.29. The van der Waals surface area contributed by atoms with E-state index >= 15 is 0 Å². The Kier molecular flexibility index (Phi) is 2.76. The van der Waals surface area contributed by atoms with E-state index in [1.54, 1.807) is 0 Å². The fraction of sp³-hybridized carbons (Fsp3) is 0.462. The Balaban J connectivity index is 0.00000128. The van der Waals surface area contributed by atoms with Crippen LogP contribution in [-0.4, -0.2) is 11.9 Å². The van der Waals surface area contributed by atoms with Gasteiger partial charge in [0.15, 0.2) is 0 Å². The third-order valence-corrected chi connectivity index (χ3v) is 2.73. The Morgan fingerprint density at radius 3 is 2.80 bits per heavy atom. The van der Waals surface area contributed by atoms with Crippen LogP contribution in [0, 0.1) is 0 Å². The number of amides is 1. The minimum atomic E-state index is 0. The van der Waals surface area contributed by atoms with Crippen LogP contribution >= 0.6 is 0 Å². The van der Waals surface area contributed by atoms with Crippen LogP contribution in [0.2, 0.25) is 0 Å². The minimum absolute atomic E-state index is 0. The number of carbonyl (C=O) groups excluding carboxylic acids is 1. The van der Waals surface area contributed by atoms with Gasteiger partial charge in [-0.1, -0.05) is 26.0 Å². The number of benzene rings is 1. The monoisotopic (exact) mass is 205 g/mol. The van der Waals surface area contributed by atoms with Crippen molar-refractivity contribution in [3.8, 4) is 0 Å². The maximum atomic E-state index is 11.8. The average Bonchev–Trinajstić information content (AvgIpc) is 3.02. The van der Waals surface area contributed by atoms with Crippen molar-refractivity contribution in [3.05, 3.63) is 35.4 Å². The summed E-state index contributed by atoms with van der Waals surface area (Å²) in [5, 5.41) is 3.00. The van der Waals surface area contributed by atoms with Gasteiger partial charge < -0.3 is 5.32 Å². The summed E-state index contributed by atoms with van der Waals surface area (Å²) in [5.74, 6) is 0.540. The SMILES string of the molecule is CC(C)c1cccc(C(=O)NC2CC2)c1.[HH]. The van der Waals surface area contributed by atoms with Crippen molar-refractivity contribution in [2.45, 2.75) is 38.6 Å². The molecule has 0 atom stereocenters. The van der Waals surface area contributed by atoms with Crippen molar-refractivity contribution in [1.29, 1.82) is 0 Å². The van der Waals surface area contributed by atoms with Crippen molar-refractivity contribution in [2.24, 2.45) is 0 Å².